The maximum absolute atomic E-state index is 14.0. The number of allylic oxidation sites excluding steroid dienone is 1. The number of Topliss-reactive ketones (excluding diaryl/α,β-unsaturated/α-hetero) is 1. The monoisotopic (exact) mass is 446 g/mol. The smallest absolute Gasteiger partial charge is 0.257 e. The Morgan fingerprint density at radius 2 is 2.16 bits per heavy atom. The Balaban J connectivity index is 1.66. The molecule has 7 nitrogen and oxygen atoms in total. The van der Waals surface area contributed by atoms with Gasteiger partial charge in [0.1, 0.15) is 17.1 Å². The summed E-state index contributed by atoms with van der Waals surface area (Å²) in [5.74, 6) is -2.67. The van der Waals surface area contributed by atoms with Gasteiger partial charge < -0.3 is 19.7 Å². The summed E-state index contributed by atoms with van der Waals surface area (Å²) in [7, 11) is 0. The van der Waals surface area contributed by atoms with Crippen LogP contribution in [0.15, 0.2) is 41.3 Å². The average Bonchev–Trinajstić information content (AvgIpc) is 2.93. The molecule has 0 radical (unpaired) electrons. The molecule has 0 bridgehead atoms. The van der Waals surface area contributed by atoms with Crippen molar-refractivity contribution >= 4 is 23.3 Å². The number of ether oxygens (including phenoxy) is 1. The first-order valence-electron chi connectivity index (χ1n) is 9.73. The third-order valence-corrected chi connectivity index (χ3v) is 6.17. The number of ketones is 1. The molecule has 1 amide bonds. The zero-order valence-corrected chi connectivity index (χ0v) is 17.4. The highest BCUT2D eigenvalue weighted by atomic mass is 35.5. The first-order chi connectivity index (χ1) is 14.7. The van der Waals surface area contributed by atoms with E-state index in [4.69, 9.17) is 16.3 Å². The third-order valence-electron chi connectivity index (χ3n) is 5.88. The number of pyridine rings is 1. The molecule has 2 atom stereocenters. The van der Waals surface area contributed by atoms with E-state index in [-0.39, 0.29) is 34.9 Å². The number of amides is 1. The lowest BCUT2D eigenvalue weighted by Gasteiger charge is -2.40. The highest BCUT2D eigenvalue weighted by molar-refractivity contribution is 6.30. The molecule has 0 spiro atoms. The van der Waals surface area contributed by atoms with Crippen LogP contribution in [0.25, 0.3) is 0 Å². The van der Waals surface area contributed by atoms with Gasteiger partial charge in [0.15, 0.2) is 11.5 Å². The molecule has 2 aliphatic heterocycles. The van der Waals surface area contributed by atoms with Crippen LogP contribution >= 0.6 is 11.6 Å². The highest BCUT2D eigenvalue weighted by Gasteiger charge is 2.48. The van der Waals surface area contributed by atoms with Crippen LogP contribution in [-0.2, 0) is 17.8 Å². The van der Waals surface area contributed by atoms with Gasteiger partial charge in [-0.1, -0.05) is 35.9 Å². The number of halogens is 2. The quantitative estimate of drug-likeness (QED) is 0.706. The fourth-order valence-electron chi connectivity index (χ4n) is 3.98. The molecule has 0 fully saturated rings. The molecule has 2 N–H and O–H groups in total. The van der Waals surface area contributed by atoms with Gasteiger partial charge in [-0.25, -0.2) is 4.39 Å². The van der Waals surface area contributed by atoms with Gasteiger partial charge in [0.25, 0.3) is 5.91 Å². The van der Waals surface area contributed by atoms with Crippen molar-refractivity contribution < 1.29 is 23.8 Å². The van der Waals surface area contributed by atoms with Gasteiger partial charge in [0, 0.05) is 18.3 Å². The summed E-state index contributed by atoms with van der Waals surface area (Å²) in [6.07, 6.45) is 4.83. The topological polar surface area (TPSA) is 97.6 Å². The van der Waals surface area contributed by atoms with E-state index in [1.54, 1.807) is 6.92 Å². The number of aromatic hydroxyl groups is 1. The molecule has 162 valence electrons. The number of carbonyl (C=O) groups excluding carboxylic acids is 2. The van der Waals surface area contributed by atoms with Gasteiger partial charge >= 0.3 is 0 Å². The first-order valence-corrected chi connectivity index (χ1v) is 10.1. The SMILES string of the molecule is C[C@]12CC=CCO[C@H]1Cn1cc(C(=O)NCc3cccc(Cl)c3F)c(=O)c(O)c1C2=O. The second-order valence-corrected chi connectivity index (χ2v) is 8.27. The minimum atomic E-state index is -0.962. The van der Waals surface area contributed by atoms with Crippen LogP contribution < -0.4 is 10.7 Å². The van der Waals surface area contributed by atoms with Gasteiger partial charge in [0.2, 0.25) is 5.43 Å². The molecule has 0 saturated carbocycles. The molecule has 0 saturated heterocycles. The number of hydrogen-bond donors (Lipinski definition) is 2. The van der Waals surface area contributed by atoms with Crippen LogP contribution in [0, 0.1) is 11.2 Å². The van der Waals surface area contributed by atoms with Crippen LogP contribution in [-0.4, -0.2) is 34.1 Å². The Morgan fingerprint density at radius 3 is 2.94 bits per heavy atom. The maximum atomic E-state index is 14.0. The van der Waals surface area contributed by atoms with Crippen molar-refractivity contribution in [3.63, 3.8) is 0 Å². The maximum Gasteiger partial charge on any atom is 0.257 e. The van der Waals surface area contributed by atoms with Crippen molar-refractivity contribution in [2.24, 2.45) is 5.41 Å². The van der Waals surface area contributed by atoms with Crippen LogP contribution in [0.4, 0.5) is 4.39 Å². The second kappa shape index (κ2) is 7.94. The van der Waals surface area contributed by atoms with E-state index < -0.39 is 40.2 Å². The molecule has 9 heteroatoms. The summed E-state index contributed by atoms with van der Waals surface area (Å²) in [6, 6.07) is 4.37. The standard InChI is InChI=1S/C22H20ClFN2O5/c1-22-7-2-3-8-31-15(22)11-26-10-13(18(27)19(28)17(26)20(22)29)21(30)25-9-12-5-4-6-14(23)16(12)24/h2-6,10,15,28H,7-9,11H2,1H3,(H,25,30)/t15-,22-/m0/s1. The summed E-state index contributed by atoms with van der Waals surface area (Å²) < 4.78 is 21.2. The van der Waals surface area contributed by atoms with E-state index >= 15 is 0 Å². The molecular formula is C22H20ClFN2O5. The molecule has 3 heterocycles. The lowest BCUT2D eigenvalue weighted by Crippen LogP contribution is -2.49. The van der Waals surface area contributed by atoms with Crippen LogP contribution in [0.1, 0.15) is 39.8 Å². The number of carbonyl (C=O) groups is 2. The van der Waals surface area contributed by atoms with Gasteiger partial charge in [-0.15, -0.1) is 0 Å². The minimum Gasteiger partial charge on any atom is -0.503 e. The van der Waals surface area contributed by atoms with Gasteiger partial charge in [-0.2, -0.15) is 0 Å². The van der Waals surface area contributed by atoms with Crippen molar-refractivity contribution in [2.45, 2.75) is 32.5 Å². The zero-order valence-electron chi connectivity index (χ0n) is 16.7. The van der Waals surface area contributed by atoms with Crippen molar-refractivity contribution in [3.05, 3.63) is 74.4 Å². The lowest BCUT2D eigenvalue weighted by atomic mass is 9.73. The number of benzene rings is 1. The number of rotatable bonds is 3. The van der Waals surface area contributed by atoms with E-state index in [1.807, 2.05) is 12.2 Å². The number of hydrogen-bond acceptors (Lipinski definition) is 5. The molecular weight excluding hydrogens is 427 g/mol. The Kier molecular flexibility index (Phi) is 5.45. The third kappa shape index (κ3) is 3.55. The number of aromatic nitrogens is 1. The Morgan fingerprint density at radius 1 is 1.39 bits per heavy atom. The van der Waals surface area contributed by atoms with Crippen LogP contribution in [0.2, 0.25) is 5.02 Å². The highest BCUT2D eigenvalue weighted by Crippen LogP contribution is 2.40. The van der Waals surface area contributed by atoms with Crippen molar-refractivity contribution in [3.8, 4) is 5.75 Å². The fourth-order valence-corrected chi connectivity index (χ4v) is 4.17. The lowest BCUT2D eigenvalue weighted by molar-refractivity contribution is -0.0235. The predicted octanol–water partition coefficient (Wildman–Crippen LogP) is 2.82. The second-order valence-electron chi connectivity index (χ2n) is 7.86. The summed E-state index contributed by atoms with van der Waals surface area (Å²) in [5.41, 5.74) is -2.23. The number of nitrogens with one attached hydrogen (secondary N) is 1. The minimum absolute atomic E-state index is 0.0855. The Bertz CT molecular complexity index is 1180. The first kappa shape index (κ1) is 21.3. The van der Waals surface area contributed by atoms with E-state index in [1.165, 1.54) is 29.0 Å². The summed E-state index contributed by atoms with van der Waals surface area (Å²) >= 11 is 5.74. The molecule has 1 aromatic carbocycles. The summed E-state index contributed by atoms with van der Waals surface area (Å²) in [6.45, 7) is 2.06. The molecule has 2 aliphatic rings. The largest absolute Gasteiger partial charge is 0.503 e. The van der Waals surface area contributed by atoms with Crippen molar-refractivity contribution in [2.75, 3.05) is 6.61 Å². The Hall–Kier alpha value is -2.97. The molecule has 1 aromatic heterocycles. The average molecular weight is 447 g/mol. The van der Waals surface area contributed by atoms with Crippen LogP contribution in [0.5, 0.6) is 5.75 Å². The van der Waals surface area contributed by atoms with Crippen molar-refractivity contribution in [1.82, 2.24) is 9.88 Å². The molecule has 4 rings (SSSR count). The summed E-state index contributed by atoms with van der Waals surface area (Å²) in [4.78, 5) is 38.5. The van der Waals surface area contributed by atoms with E-state index in [0.29, 0.717) is 13.0 Å². The fraction of sp³-hybridized carbons (Fsp3) is 0.318. The molecule has 0 unspecified atom stereocenters. The van der Waals surface area contributed by atoms with E-state index in [2.05, 4.69) is 5.32 Å². The van der Waals surface area contributed by atoms with Gasteiger partial charge in [-0.3, -0.25) is 14.4 Å². The predicted molar refractivity (Wildman–Crippen MR) is 111 cm³/mol. The zero-order chi connectivity index (χ0) is 22.3. The van der Waals surface area contributed by atoms with Gasteiger partial charge in [-0.05, 0) is 19.4 Å². The van der Waals surface area contributed by atoms with Crippen LogP contribution in [0.3, 0.4) is 0 Å². The van der Waals surface area contributed by atoms with Gasteiger partial charge in [0.05, 0.1) is 29.7 Å². The Labute approximate surface area is 182 Å². The normalized spacial score (nSPS) is 22.4. The number of nitrogens with zero attached hydrogens (tertiary/aromatic N) is 1. The van der Waals surface area contributed by atoms with Crippen molar-refractivity contribution in [1.29, 1.82) is 0 Å². The summed E-state index contributed by atoms with van der Waals surface area (Å²) in [5, 5.41) is 12.9. The number of fused-ring (bicyclic) bond motifs is 2. The van der Waals surface area contributed by atoms with E-state index in [9.17, 15) is 23.9 Å². The van der Waals surface area contributed by atoms with E-state index in [0.717, 1.165) is 0 Å². The molecule has 2 aromatic rings. The molecule has 0 aliphatic carbocycles. The molecule has 31 heavy (non-hydrogen) atoms.